The molecule has 0 saturated heterocycles. The average Bonchev–Trinajstić information content (AvgIpc) is 1.30. The molecule has 0 rings (SSSR count). The monoisotopic (exact) mass is 172 g/mol. The van der Waals surface area contributed by atoms with Crippen LogP contribution in [0.4, 0.5) is 0 Å². The van der Waals surface area contributed by atoms with E-state index in [2.05, 4.69) is 10.4 Å². The van der Waals surface area contributed by atoms with Gasteiger partial charge in [0.1, 0.15) is 0 Å². The van der Waals surface area contributed by atoms with E-state index in [0.717, 1.165) is 0 Å². The minimum absolute atomic E-state index is 0.653. The quantitative estimate of drug-likeness (QED) is 0.446. The number of rotatable bonds is 2. The summed E-state index contributed by atoms with van der Waals surface area (Å²) in [6.07, 6.45) is 0.653. The third kappa shape index (κ3) is 5.62. The Morgan fingerprint density at radius 2 is 2.14 bits per heavy atom. The van der Waals surface area contributed by atoms with E-state index in [1.54, 1.807) is 0 Å². The summed E-state index contributed by atoms with van der Waals surface area (Å²) in [7, 11) is 0. The van der Waals surface area contributed by atoms with Crippen LogP contribution in [0.3, 0.4) is 0 Å². The summed E-state index contributed by atoms with van der Waals surface area (Å²) in [5.74, 6) is 0. The van der Waals surface area contributed by atoms with Gasteiger partial charge in [-0.05, 0) is 0 Å². The van der Waals surface area contributed by atoms with Crippen LogP contribution >= 0.6 is 0 Å². The van der Waals surface area contributed by atoms with Gasteiger partial charge in [-0.15, -0.1) is 0 Å². The van der Waals surface area contributed by atoms with E-state index in [4.69, 9.17) is 4.19 Å². The average molecular weight is 171 g/mol. The maximum atomic E-state index is 9.57. The second-order valence-corrected chi connectivity index (χ2v) is 2.89. The Kier molecular flexibility index (Phi) is 1.95. The minimum atomic E-state index is -4.93. The van der Waals surface area contributed by atoms with E-state index < -0.39 is 13.4 Å². The predicted octanol–water partition coefficient (Wildman–Crippen LogP) is -0.565. The van der Waals surface area contributed by atoms with Crippen LogP contribution in [0.25, 0.3) is 0 Å². The molecule has 0 aliphatic rings. The van der Waals surface area contributed by atoms with Gasteiger partial charge in [0.05, 0.1) is 0 Å². The molecular formula is C2H4O4Se. The van der Waals surface area contributed by atoms with Crippen LogP contribution in [0.5, 0.6) is 0 Å². The van der Waals surface area contributed by atoms with Crippen molar-refractivity contribution in [1.29, 1.82) is 0 Å². The Morgan fingerprint density at radius 1 is 1.71 bits per heavy atom. The van der Waals surface area contributed by atoms with Gasteiger partial charge in [-0.1, -0.05) is 0 Å². The first-order valence-corrected chi connectivity index (χ1v) is 4.19. The van der Waals surface area contributed by atoms with Crippen LogP contribution in [-0.2, 0) is 11.5 Å². The summed E-state index contributed by atoms with van der Waals surface area (Å²) < 4.78 is 30.5. The van der Waals surface area contributed by atoms with Gasteiger partial charge < -0.3 is 0 Å². The van der Waals surface area contributed by atoms with Crippen LogP contribution in [0.2, 0.25) is 0 Å². The van der Waals surface area contributed by atoms with E-state index in [-0.39, 0.29) is 0 Å². The third-order valence-electron chi connectivity index (χ3n) is 0.190. The van der Waals surface area contributed by atoms with Crippen LogP contribution in [0.15, 0.2) is 12.8 Å². The van der Waals surface area contributed by atoms with E-state index in [1.165, 1.54) is 0 Å². The molecule has 0 atom stereocenters. The van der Waals surface area contributed by atoms with Gasteiger partial charge >= 0.3 is 41.9 Å². The van der Waals surface area contributed by atoms with Crippen molar-refractivity contribution in [2.75, 3.05) is 0 Å². The Hall–Kier alpha value is -0.381. The van der Waals surface area contributed by atoms with Crippen molar-refractivity contribution in [3.8, 4) is 0 Å². The van der Waals surface area contributed by atoms with Crippen molar-refractivity contribution in [2.24, 2.45) is 0 Å². The van der Waals surface area contributed by atoms with E-state index >= 15 is 0 Å². The molecule has 0 bridgehead atoms. The molecule has 0 aromatic rings. The van der Waals surface area contributed by atoms with Crippen molar-refractivity contribution in [1.82, 2.24) is 0 Å². The van der Waals surface area contributed by atoms with Gasteiger partial charge in [0, 0.05) is 0 Å². The van der Waals surface area contributed by atoms with Crippen molar-refractivity contribution >= 4 is 13.4 Å². The molecule has 0 spiro atoms. The summed E-state index contributed by atoms with van der Waals surface area (Å²) in [6.45, 7) is 2.90. The van der Waals surface area contributed by atoms with Crippen LogP contribution in [0, 0.1) is 0 Å². The van der Waals surface area contributed by atoms with Gasteiger partial charge in [0.2, 0.25) is 0 Å². The Balaban J connectivity index is 3.84. The first-order valence-electron chi connectivity index (χ1n) is 1.33. The summed E-state index contributed by atoms with van der Waals surface area (Å²) in [4.78, 5) is 0. The molecule has 0 heterocycles. The topological polar surface area (TPSA) is 63.6 Å². The zero-order chi connectivity index (χ0) is 5.91. The van der Waals surface area contributed by atoms with Gasteiger partial charge in [0.25, 0.3) is 0 Å². The zero-order valence-electron chi connectivity index (χ0n) is 3.36. The third-order valence-corrected chi connectivity index (χ3v) is 0.985. The fourth-order valence-electron chi connectivity index (χ4n) is 0.0860. The van der Waals surface area contributed by atoms with E-state index in [1.807, 2.05) is 0 Å². The Bertz CT molecular complexity index is 143. The molecule has 0 fully saturated rings. The molecule has 4 nitrogen and oxygen atoms in total. The molecule has 0 unspecified atom stereocenters. The van der Waals surface area contributed by atoms with E-state index in [9.17, 15) is 7.67 Å². The van der Waals surface area contributed by atoms with Crippen LogP contribution < -0.4 is 0 Å². The molecule has 0 radical (unpaired) electrons. The molecule has 0 amide bonds. The predicted molar refractivity (Wildman–Crippen MR) is 20.6 cm³/mol. The van der Waals surface area contributed by atoms with Crippen molar-refractivity contribution in [3.05, 3.63) is 12.8 Å². The van der Waals surface area contributed by atoms with Crippen molar-refractivity contribution in [3.63, 3.8) is 0 Å². The number of hydrogen-bond acceptors (Lipinski definition) is 3. The second-order valence-electron chi connectivity index (χ2n) is 0.691. The first-order chi connectivity index (χ1) is 3.06. The van der Waals surface area contributed by atoms with Crippen molar-refractivity contribution < 1.29 is 15.7 Å². The normalized spacial score (nSPS) is 10.4. The van der Waals surface area contributed by atoms with Gasteiger partial charge in [-0.25, -0.2) is 0 Å². The molecule has 0 aliphatic carbocycles. The SMILES string of the molecule is C=CO[Se](=O)(=O)O. The summed E-state index contributed by atoms with van der Waals surface area (Å²) in [5.41, 5.74) is 0. The molecule has 0 aliphatic heterocycles. The molecule has 5 heteroatoms. The van der Waals surface area contributed by atoms with Gasteiger partial charge in [-0.2, -0.15) is 0 Å². The summed E-state index contributed by atoms with van der Waals surface area (Å²) in [5, 5.41) is 0. The van der Waals surface area contributed by atoms with Crippen molar-refractivity contribution in [2.45, 2.75) is 0 Å². The van der Waals surface area contributed by atoms with Gasteiger partial charge in [-0.3, -0.25) is 0 Å². The van der Waals surface area contributed by atoms with Crippen LogP contribution in [0.1, 0.15) is 0 Å². The summed E-state index contributed by atoms with van der Waals surface area (Å²) >= 11 is -4.93. The zero-order valence-corrected chi connectivity index (χ0v) is 5.08. The Labute approximate surface area is 42.7 Å². The Morgan fingerprint density at radius 3 is 2.14 bits per heavy atom. The number of hydrogen-bond donors (Lipinski definition) is 1. The second kappa shape index (κ2) is 2.07. The fraction of sp³-hybridized carbons (Fsp3) is 0. The molecular weight excluding hydrogens is 167 g/mol. The standard InChI is InChI=1S/C2H4O4Se/c1-2-6-7(3,4)5/h2H,1H2,(H,3,4,5). The molecule has 42 valence electrons. The molecule has 0 aromatic heterocycles. The molecule has 7 heavy (non-hydrogen) atoms. The van der Waals surface area contributed by atoms with Crippen LogP contribution in [-0.4, -0.2) is 17.6 Å². The van der Waals surface area contributed by atoms with Gasteiger partial charge in [0.15, 0.2) is 0 Å². The maximum absolute atomic E-state index is 9.57. The summed E-state index contributed by atoms with van der Waals surface area (Å²) in [6, 6.07) is 0. The molecule has 0 aromatic carbocycles. The first kappa shape index (κ1) is 6.62. The fourth-order valence-corrected chi connectivity index (χ4v) is 0.447. The molecule has 1 N–H and O–H groups in total. The van der Waals surface area contributed by atoms with E-state index in [0.29, 0.717) is 6.26 Å². The molecule has 0 saturated carbocycles.